The summed E-state index contributed by atoms with van der Waals surface area (Å²) in [5, 5.41) is 2.91. The first-order valence-electron chi connectivity index (χ1n) is 7.59. The first-order valence-corrected chi connectivity index (χ1v) is 7.59. The second kappa shape index (κ2) is 6.40. The average molecular weight is 268 g/mol. The van der Waals surface area contributed by atoms with Gasteiger partial charge in [-0.15, -0.1) is 0 Å². The number of nitrogens with zero attached hydrogens (tertiary/aromatic N) is 1. The summed E-state index contributed by atoms with van der Waals surface area (Å²) >= 11 is 0. The summed E-state index contributed by atoms with van der Waals surface area (Å²) in [4.78, 5) is 26.9. The molecule has 3 atom stereocenters. The van der Waals surface area contributed by atoms with E-state index >= 15 is 0 Å². The van der Waals surface area contributed by atoms with Crippen LogP contribution >= 0.6 is 0 Å². The van der Waals surface area contributed by atoms with E-state index in [2.05, 4.69) is 19.2 Å². The van der Waals surface area contributed by atoms with Crippen molar-refractivity contribution >= 4 is 11.8 Å². The molecular weight excluding hydrogens is 240 g/mol. The summed E-state index contributed by atoms with van der Waals surface area (Å²) in [6.07, 6.45) is 4.21. The van der Waals surface area contributed by atoms with Gasteiger partial charge in [0.2, 0.25) is 11.8 Å². The Morgan fingerprint density at radius 3 is 2.32 bits per heavy atom. The minimum absolute atomic E-state index is 0.000929. The molecule has 0 aromatic carbocycles. The average Bonchev–Trinajstić information content (AvgIpc) is 2.40. The van der Waals surface area contributed by atoms with Crippen LogP contribution in [0.15, 0.2) is 0 Å². The van der Waals surface area contributed by atoms with Gasteiger partial charge in [-0.05, 0) is 32.6 Å². The molecule has 0 spiro atoms. The number of hydrogen-bond donors (Lipinski definition) is 1. The number of piperazine rings is 1. The molecule has 4 heteroatoms. The maximum atomic E-state index is 12.8. The summed E-state index contributed by atoms with van der Waals surface area (Å²) in [6.45, 7) is 9.97. The van der Waals surface area contributed by atoms with Crippen LogP contribution < -0.4 is 5.32 Å². The quantitative estimate of drug-likeness (QED) is 0.804. The van der Waals surface area contributed by atoms with Crippen molar-refractivity contribution < 1.29 is 9.59 Å². The molecule has 4 nitrogen and oxygen atoms in total. The van der Waals surface area contributed by atoms with Crippen LogP contribution in [0.2, 0.25) is 0 Å². The minimum Gasteiger partial charge on any atom is -0.340 e. The topological polar surface area (TPSA) is 49.4 Å². The third-order valence-electron chi connectivity index (χ3n) is 4.32. The number of amides is 2. The smallest absolute Gasteiger partial charge is 0.248 e. The van der Waals surface area contributed by atoms with Gasteiger partial charge in [0.15, 0.2) is 0 Å². The van der Waals surface area contributed by atoms with Crippen molar-refractivity contribution in [1.82, 2.24) is 10.2 Å². The second-order valence-electron chi connectivity index (χ2n) is 5.66. The van der Waals surface area contributed by atoms with E-state index in [0.717, 1.165) is 19.3 Å². The van der Waals surface area contributed by atoms with Crippen molar-refractivity contribution in [2.75, 3.05) is 0 Å². The highest BCUT2D eigenvalue weighted by Crippen LogP contribution is 2.27. The van der Waals surface area contributed by atoms with Crippen LogP contribution in [0.5, 0.6) is 0 Å². The Morgan fingerprint density at radius 1 is 1.26 bits per heavy atom. The Morgan fingerprint density at radius 2 is 1.89 bits per heavy atom. The molecule has 1 saturated heterocycles. The molecule has 0 radical (unpaired) electrons. The fourth-order valence-corrected chi connectivity index (χ4v) is 2.88. The molecule has 2 amide bonds. The van der Waals surface area contributed by atoms with Gasteiger partial charge >= 0.3 is 0 Å². The zero-order valence-electron chi connectivity index (χ0n) is 13.0. The van der Waals surface area contributed by atoms with E-state index in [1.807, 2.05) is 25.7 Å². The van der Waals surface area contributed by atoms with Crippen LogP contribution in [0.3, 0.4) is 0 Å². The predicted molar refractivity (Wildman–Crippen MR) is 76.8 cm³/mol. The van der Waals surface area contributed by atoms with Gasteiger partial charge in [-0.25, -0.2) is 0 Å². The lowest BCUT2D eigenvalue weighted by molar-refractivity contribution is -0.157. The summed E-state index contributed by atoms with van der Waals surface area (Å²) in [5.74, 6) is 0.0859. The lowest BCUT2D eigenvalue weighted by Gasteiger charge is -2.47. The van der Waals surface area contributed by atoms with Crippen molar-refractivity contribution in [3.63, 3.8) is 0 Å². The van der Waals surface area contributed by atoms with Crippen LogP contribution in [-0.2, 0) is 9.59 Å². The lowest BCUT2D eigenvalue weighted by atomic mass is 9.88. The monoisotopic (exact) mass is 268 g/mol. The highest BCUT2D eigenvalue weighted by molar-refractivity contribution is 5.99. The van der Waals surface area contributed by atoms with E-state index in [1.165, 1.54) is 0 Å². The first-order chi connectivity index (χ1) is 8.95. The van der Waals surface area contributed by atoms with E-state index in [0.29, 0.717) is 12.8 Å². The summed E-state index contributed by atoms with van der Waals surface area (Å²) in [5.41, 5.74) is -0.732. The molecule has 3 unspecified atom stereocenters. The molecule has 0 bridgehead atoms. The fraction of sp³-hybridized carbons (Fsp3) is 0.867. The molecule has 0 aliphatic carbocycles. The van der Waals surface area contributed by atoms with Gasteiger partial charge in [0.05, 0.1) is 0 Å². The van der Waals surface area contributed by atoms with Gasteiger partial charge in [-0.3, -0.25) is 9.59 Å². The number of hydrogen-bond acceptors (Lipinski definition) is 2. The molecule has 1 fully saturated rings. The van der Waals surface area contributed by atoms with Gasteiger partial charge in [-0.2, -0.15) is 0 Å². The van der Waals surface area contributed by atoms with E-state index in [9.17, 15) is 9.59 Å². The van der Waals surface area contributed by atoms with Crippen LogP contribution in [0.4, 0.5) is 0 Å². The van der Waals surface area contributed by atoms with Gasteiger partial charge in [0.1, 0.15) is 11.6 Å². The molecule has 1 aliphatic heterocycles. The van der Waals surface area contributed by atoms with Crippen LogP contribution in [-0.4, -0.2) is 34.3 Å². The second-order valence-corrected chi connectivity index (χ2v) is 5.66. The van der Waals surface area contributed by atoms with E-state index < -0.39 is 5.54 Å². The molecule has 1 rings (SSSR count). The highest BCUT2D eigenvalue weighted by Gasteiger charge is 2.48. The summed E-state index contributed by atoms with van der Waals surface area (Å²) in [7, 11) is 0. The number of nitrogens with one attached hydrogen (secondary N) is 1. The van der Waals surface area contributed by atoms with E-state index in [1.54, 1.807) is 0 Å². The maximum absolute atomic E-state index is 12.8. The molecule has 0 aromatic heterocycles. The third-order valence-corrected chi connectivity index (χ3v) is 4.32. The van der Waals surface area contributed by atoms with Crippen molar-refractivity contribution in [2.45, 2.75) is 84.3 Å². The Balaban J connectivity index is 3.11. The normalized spacial score (nSPS) is 29.3. The molecule has 0 saturated carbocycles. The molecule has 1 aliphatic rings. The fourth-order valence-electron chi connectivity index (χ4n) is 2.88. The Hall–Kier alpha value is -1.06. The summed E-state index contributed by atoms with van der Waals surface area (Å²) in [6, 6.07) is -0.122. The van der Waals surface area contributed by atoms with E-state index in [4.69, 9.17) is 0 Å². The zero-order valence-corrected chi connectivity index (χ0v) is 13.0. The van der Waals surface area contributed by atoms with Gasteiger partial charge < -0.3 is 10.2 Å². The minimum atomic E-state index is -0.732. The van der Waals surface area contributed by atoms with Crippen molar-refractivity contribution in [2.24, 2.45) is 0 Å². The first kappa shape index (κ1) is 16.0. The van der Waals surface area contributed by atoms with Gasteiger partial charge in [0, 0.05) is 6.04 Å². The van der Waals surface area contributed by atoms with Crippen molar-refractivity contribution in [3.05, 3.63) is 0 Å². The Bertz CT molecular complexity index is 343. The van der Waals surface area contributed by atoms with Crippen molar-refractivity contribution in [3.8, 4) is 0 Å². The Kier molecular flexibility index (Phi) is 5.39. The molecular formula is C15H28N2O2. The van der Waals surface area contributed by atoms with Crippen LogP contribution in [0.1, 0.15) is 66.7 Å². The summed E-state index contributed by atoms with van der Waals surface area (Å²) < 4.78 is 0. The number of carbonyl (C=O) groups is 2. The SMILES string of the molecule is CCCC(CC)N1C(=O)C(C)(CC)NC(=O)C1CC. The molecule has 1 N–H and O–H groups in total. The van der Waals surface area contributed by atoms with Crippen LogP contribution in [0, 0.1) is 0 Å². The molecule has 19 heavy (non-hydrogen) atoms. The predicted octanol–water partition coefficient (Wildman–Crippen LogP) is 2.47. The largest absolute Gasteiger partial charge is 0.340 e. The maximum Gasteiger partial charge on any atom is 0.248 e. The van der Waals surface area contributed by atoms with Crippen molar-refractivity contribution in [1.29, 1.82) is 0 Å². The molecule has 0 aromatic rings. The number of rotatable bonds is 6. The zero-order chi connectivity index (χ0) is 14.6. The van der Waals surface area contributed by atoms with Crippen LogP contribution in [0.25, 0.3) is 0 Å². The van der Waals surface area contributed by atoms with E-state index in [-0.39, 0.29) is 23.9 Å². The third kappa shape index (κ3) is 2.93. The Labute approximate surface area is 116 Å². The standard InChI is InChI=1S/C15H28N2O2/c1-6-10-11(7-2)17-12(8-3)13(18)16-15(5,9-4)14(17)19/h11-12H,6-10H2,1-5H3,(H,16,18). The van der Waals surface area contributed by atoms with Gasteiger partial charge in [0.25, 0.3) is 0 Å². The van der Waals surface area contributed by atoms with Gasteiger partial charge in [-0.1, -0.05) is 34.1 Å². The molecule has 1 heterocycles. The highest BCUT2D eigenvalue weighted by atomic mass is 16.2. The lowest BCUT2D eigenvalue weighted by Crippen LogP contribution is -2.70. The number of carbonyl (C=O) groups excluding carboxylic acids is 2. The molecule has 110 valence electrons.